The molecule has 2 heteroatoms. The van der Waals surface area contributed by atoms with Crippen LogP contribution >= 0.6 is 0 Å². The van der Waals surface area contributed by atoms with Crippen molar-refractivity contribution in [2.75, 3.05) is 26.2 Å². The molecule has 0 bridgehead atoms. The van der Waals surface area contributed by atoms with Gasteiger partial charge < -0.3 is 5.32 Å². The standard InChI is InChI=1S/C18H30N2/c1-15(2)9-11-19-13-16(3)20-12-10-18(14-20)17-7-5-4-6-8-17/h4-8,15-16,18-19H,9-14H2,1-3H3. The molecule has 1 N–H and O–H groups in total. The van der Waals surface area contributed by atoms with Gasteiger partial charge in [0.2, 0.25) is 0 Å². The first-order chi connectivity index (χ1) is 9.66. The van der Waals surface area contributed by atoms with Gasteiger partial charge in [0.15, 0.2) is 0 Å². The Morgan fingerprint density at radius 1 is 1.20 bits per heavy atom. The second kappa shape index (κ2) is 7.80. The molecule has 0 spiro atoms. The fourth-order valence-corrected chi connectivity index (χ4v) is 3.02. The fourth-order valence-electron chi connectivity index (χ4n) is 3.02. The lowest BCUT2D eigenvalue weighted by atomic mass is 9.99. The van der Waals surface area contributed by atoms with Crippen LogP contribution in [0.2, 0.25) is 0 Å². The molecule has 1 saturated heterocycles. The molecule has 0 aromatic heterocycles. The van der Waals surface area contributed by atoms with Crippen LogP contribution in [0.5, 0.6) is 0 Å². The predicted molar refractivity (Wildman–Crippen MR) is 87.2 cm³/mol. The van der Waals surface area contributed by atoms with Crippen molar-refractivity contribution in [2.24, 2.45) is 5.92 Å². The van der Waals surface area contributed by atoms with E-state index in [0.717, 1.165) is 24.9 Å². The third-order valence-corrected chi connectivity index (χ3v) is 4.45. The molecular weight excluding hydrogens is 244 g/mol. The van der Waals surface area contributed by atoms with Gasteiger partial charge in [0.1, 0.15) is 0 Å². The van der Waals surface area contributed by atoms with Crippen LogP contribution in [-0.4, -0.2) is 37.1 Å². The van der Waals surface area contributed by atoms with Crippen molar-refractivity contribution in [3.8, 4) is 0 Å². The maximum Gasteiger partial charge on any atom is 0.0192 e. The van der Waals surface area contributed by atoms with E-state index in [0.29, 0.717) is 6.04 Å². The lowest BCUT2D eigenvalue weighted by Gasteiger charge is -2.25. The minimum atomic E-state index is 0.649. The van der Waals surface area contributed by atoms with Crippen molar-refractivity contribution in [2.45, 2.75) is 45.6 Å². The van der Waals surface area contributed by atoms with Crippen molar-refractivity contribution >= 4 is 0 Å². The molecule has 1 heterocycles. The molecule has 112 valence electrons. The van der Waals surface area contributed by atoms with Crippen LogP contribution in [0, 0.1) is 5.92 Å². The maximum absolute atomic E-state index is 3.61. The third-order valence-electron chi connectivity index (χ3n) is 4.45. The molecule has 0 amide bonds. The summed E-state index contributed by atoms with van der Waals surface area (Å²) >= 11 is 0. The summed E-state index contributed by atoms with van der Waals surface area (Å²) < 4.78 is 0. The summed E-state index contributed by atoms with van der Waals surface area (Å²) in [5.74, 6) is 1.53. The Bertz CT molecular complexity index is 374. The Labute approximate surface area is 124 Å². The second-order valence-electron chi connectivity index (χ2n) is 6.63. The van der Waals surface area contributed by atoms with Crippen LogP contribution in [0.25, 0.3) is 0 Å². The molecule has 0 aliphatic carbocycles. The van der Waals surface area contributed by atoms with Crippen LogP contribution < -0.4 is 5.32 Å². The first kappa shape index (κ1) is 15.5. The lowest BCUT2D eigenvalue weighted by Crippen LogP contribution is -2.39. The SMILES string of the molecule is CC(C)CCNCC(C)N1CCC(c2ccccc2)C1. The molecule has 1 aromatic rings. The first-order valence-corrected chi connectivity index (χ1v) is 8.16. The highest BCUT2D eigenvalue weighted by Crippen LogP contribution is 2.27. The highest BCUT2D eigenvalue weighted by atomic mass is 15.2. The highest BCUT2D eigenvalue weighted by molar-refractivity contribution is 5.21. The molecule has 1 aliphatic heterocycles. The summed E-state index contributed by atoms with van der Waals surface area (Å²) in [5, 5.41) is 3.61. The van der Waals surface area contributed by atoms with Crippen molar-refractivity contribution in [3.63, 3.8) is 0 Å². The summed E-state index contributed by atoms with van der Waals surface area (Å²) in [7, 11) is 0. The van der Waals surface area contributed by atoms with Crippen LogP contribution in [0.3, 0.4) is 0 Å². The molecular formula is C18H30N2. The Balaban J connectivity index is 1.72. The first-order valence-electron chi connectivity index (χ1n) is 8.16. The van der Waals surface area contributed by atoms with Gasteiger partial charge in [-0.15, -0.1) is 0 Å². The van der Waals surface area contributed by atoms with Gasteiger partial charge in [-0.05, 0) is 50.3 Å². The van der Waals surface area contributed by atoms with E-state index in [1.807, 2.05) is 0 Å². The van der Waals surface area contributed by atoms with Crippen molar-refractivity contribution in [1.82, 2.24) is 10.2 Å². The smallest absolute Gasteiger partial charge is 0.0192 e. The predicted octanol–water partition coefficient (Wildman–Crippen LogP) is 3.50. The molecule has 2 atom stereocenters. The van der Waals surface area contributed by atoms with E-state index in [9.17, 15) is 0 Å². The van der Waals surface area contributed by atoms with E-state index in [2.05, 4.69) is 61.3 Å². The number of hydrogen-bond donors (Lipinski definition) is 1. The summed E-state index contributed by atoms with van der Waals surface area (Å²) in [6.07, 6.45) is 2.58. The molecule has 0 radical (unpaired) electrons. The van der Waals surface area contributed by atoms with Gasteiger partial charge >= 0.3 is 0 Å². The number of benzene rings is 1. The Hall–Kier alpha value is -0.860. The molecule has 20 heavy (non-hydrogen) atoms. The van der Waals surface area contributed by atoms with Gasteiger partial charge in [-0.3, -0.25) is 4.90 Å². The molecule has 2 unspecified atom stereocenters. The van der Waals surface area contributed by atoms with Crippen LogP contribution in [-0.2, 0) is 0 Å². The highest BCUT2D eigenvalue weighted by Gasteiger charge is 2.26. The van der Waals surface area contributed by atoms with Gasteiger partial charge in [0, 0.05) is 19.1 Å². The molecule has 1 aliphatic rings. The number of hydrogen-bond acceptors (Lipinski definition) is 2. The molecule has 1 aromatic carbocycles. The minimum Gasteiger partial charge on any atom is -0.315 e. The Kier molecular flexibility index (Phi) is 6.06. The van der Waals surface area contributed by atoms with E-state index >= 15 is 0 Å². The van der Waals surface area contributed by atoms with Crippen molar-refractivity contribution in [1.29, 1.82) is 0 Å². The quantitative estimate of drug-likeness (QED) is 0.766. The average molecular weight is 274 g/mol. The zero-order chi connectivity index (χ0) is 14.4. The third kappa shape index (κ3) is 4.60. The Morgan fingerprint density at radius 3 is 2.65 bits per heavy atom. The molecule has 2 rings (SSSR count). The van der Waals surface area contributed by atoms with Gasteiger partial charge in [0.05, 0.1) is 0 Å². The molecule has 1 fully saturated rings. The number of nitrogens with one attached hydrogen (secondary N) is 1. The van der Waals surface area contributed by atoms with E-state index in [4.69, 9.17) is 0 Å². The van der Waals surface area contributed by atoms with E-state index in [1.165, 1.54) is 31.5 Å². The summed E-state index contributed by atoms with van der Waals surface area (Å²) in [4.78, 5) is 2.64. The van der Waals surface area contributed by atoms with Crippen LogP contribution in [0.1, 0.15) is 45.1 Å². The number of likely N-dealkylation sites (tertiary alicyclic amines) is 1. The van der Waals surface area contributed by atoms with Gasteiger partial charge in [0.25, 0.3) is 0 Å². The van der Waals surface area contributed by atoms with Crippen molar-refractivity contribution < 1.29 is 0 Å². The summed E-state index contributed by atoms with van der Waals surface area (Å²) in [6.45, 7) is 11.7. The normalized spacial score (nSPS) is 21.5. The molecule has 2 nitrogen and oxygen atoms in total. The Morgan fingerprint density at radius 2 is 1.95 bits per heavy atom. The van der Waals surface area contributed by atoms with E-state index < -0.39 is 0 Å². The van der Waals surface area contributed by atoms with E-state index in [-0.39, 0.29) is 0 Å². The van der Waals surface area contributed by atoms with Crippen LogP contribution in [0.15, 0.2) is 30.3 Å². The lowest BCUT2D eigenvalue weighted by molar-refractivity contribution is 0.248. The largest absolute Gasteiger partial charge is 0.315 e. The van der Waals surface area contributed by atoms with Gasteiger partial charge in [-0.1, -0.05) is 44.2 Å². The number of nitrogens with zero attached hydrogens (tertiary/aromatic N) is 1. The monoisotopic (exact) mass is 274 g/mol. The van der Waals surface area contributed by atoms with E-state index in [1.54, 1.807) is 0 Å². The van der Waals surface area contributed by atoms with Crippen molar-refractivity contribution in [3.05, 3.63) is 35.9 Å². The van der Waals surface area contributed by atoms with Crippen LogP contribution in [0.4, 0.5) is 0 Å². The second-order valence-corrected chi connectivity index (χ2v) is 6.63. The maximum atomic E-state index is 3.61. The summed E-state index contributed by atoms with van der Waals surface area (Å²) in [5.41, 5.74) is 1.51. The topological polar surface area (TPSA) is 15.3 Å². The van der Waals surface area contributed by atoms with Gasteiger partial charge in [-0.25, -0.2) is 0 Å². The zero-order valence-corrected chi connectivity index (χ0v) is 13.3. The average Bonchev–Trinajstić information content (AvgIpc) is 2.94. The molecule has 0 saturated carbocycles. The minimum absolute atomic E-state index is 0.649. The van der Waals surface area contributed by atoms with Gasteiger partial charge in [-0.2, -0.15) is 0 Å². The number of rotatable bonds is 7. The fraction of sp³-hybridized carbons (Fsp3) is 0.667. The zero-order valence-electron chi connectivity index (χ0n) is 13.3. The summed E-state index contributed by atoms with van der Waals surface area (Å²) in [6, 6.07) is 11.6.